The van der Waals surface area contributed by atoms with E-state index in [0.717, 1.165) is 6.26 Å². The van der Waals surface area contributed by atoms with E-state index in [2.05, 4.69) is 10.1 Å². The summed E-state index contributed by atoms with van der Waals surface area (Å²) in [7, 11) is -3.03. The van der Waals surface area contributed by atoms with Crippen LogP contribution >= 0.6 is 0 Å². The molecule has 8 heteroatoms. The Morgan fingerprint density at radius 2 is 2.24 bits per heavy atom. The molecule has 0 amide bonds. The van der Waals surface area contributed by atoms with E-state index in [0.29, 0.717) is 12.4 Å². The van der Waals surface area contributed by atoms with Gasteiger partial charge in [0, 0.05) is 12.9 Å². The average Bonchev–Trinajstić information content (AvgIpc) is 2.70. The van der Waals surface area contributed by atoms with Gasteiger partial charge in [-0.25, -0.2) is 8.42 Å². The number of nitrogens with two attached hydrogens (primary N) is 1. The first-order valence-corrected chi connectivity index (χ1v) is 7.32. The van der Waals surface area contributed by atoms with Crippen molar-refractivity contribution >= 4 is 9.84 Å². The molecule has 98 valence electrons. The lowest BCUT2D eigenvalue weighted by atomic mass is 10.2. The number of hydrogen-bond acceptors (Lipinski definition) is 7. The van der Waals surface area contributed by atoms with Gasteiger partial charge in [-0.2, -0.15) is 4.98 Å². The molecule has 1 heterocycles. The molecule has 0 aromatic carbocycles. The third-order valence-electron chi connectivity index (χ3n) is 2.04. The molecule has 1 atom stereocenters. The first kappa shape index (κ1) is 14.1. The molecule has 0 aliphatic heterocycles. The van der Waals surface area contributed by atoms with Crippen molar-refractivity contribution < 1.29 is 17.7 Å². The van der Waals surface area contributed by atoms with E-state index in [9.17, 15) is 8.42 Å². The molecular weight excluding hydrogens is 246 g/mol. The Morgan fingerprint density at radius 1 is 1.53 bits per heavy atom. The van der Waals surface area contributed by atoms with Crippen LogP contribution in [0.3, 0.4) is 0 Å². The Kier molecular flexibility index (Phi) is 5.03. The van der Waals surface area contributed by atoms with E-state index in [1.807, 2.05) is 6.92 Å². The number of aromatic nitrogens is 2. The molecule has 17 heavy (non-hydrogen) atoms. The minimum Gasteiger partial charge on any atom is -0.374 e. The van der Waals surface area contributed by atoms with Gasteiger partial charge in [0.25, 0.3) is 0 Å². The Balaban J connectivity index is 2.51. The van der Waals surface area contributed by atoms with Crippen molar-refractivity contribution in [2.24, 2.45) is 5.73 Å². The van der Waals surface area contributed by atoms with Gasteiger partial charge in [-0.1, -0.05) is 5.16 Å². The van der Waals surface area contributed by atoms with Crippen molar-refractivity contribution in [1.29, 1.82) is 0 Å². The van der Waals surface area contributed by atoms with Crippen LogP contribution in [-0.2, 0) is 21.2 Å². The van der Waals surface area contributed by atoms with Crippen molar-refractivity contribution in [3.8, 4) is 0 Å². The highest BCUT2D eigenvalue weighted by atomic mass is 32.2. The highest BCUT2D eigenvalue weighted by Gasteiger charge is 2.16. The minimum atomic E-state index is -3.03. The van der Waals surface area contributed by atoms with Gasteiger partial charge < -0.3 is 15.0 Å². The van der Waals surface area contributed by atoms with Crippen molar-refractivity contribution in [1.82, 2.24) is 10.1 Å². The highest BCUT2D eigenvalue weighted by Crippen LogP contribution is 2.12. The Hall–Kier alpha value is -0.990. The number of sulfone groups is 1. The molecule has 0 aliphatic carbocycles. The van der Waals surface area contributed by atoms with Crippen LogP contribution in [0, 0.1) is 0 Å². The average molecular weight is 263 g/mol. The summed E-state index contributed by atoms with van der Waals surface area (Å²) in [5.74, 6) is 0.650. The highest BCUT2D eigenvalue weighted by molar-refractivity contribution is 7.90. The fourth-order valence-electron chi connectivity index (χ4n) is 1.13. The summed E-state index contributed by atoms with van der Waals surface area (Å²) in [5, 5.41) is 3.68. The normalized spacial score (nSPS) is 13.8. The number of nitrogens with zero attached hydrogens (tertiary/aromatic N) is 2. The predicted molar refractivity (Wildman–Crippen MR) is 60.9 cm³/mol. The summed E-state index contributed by atoms with van der Waals surface area (Å²) in [5.41, 5.74) is 5.74. The van der Waals surface area contributed by atoms with Crippen LogP contribution in [0.15, 0.2) is 4.52 Å². The van der Waals surface area contributed by atoms with Gasteiger partial charge in [0.2, 0.25) is 5.89 Å². The van der Waals surface area contributed by atoms with Gasteiger partial charge in [-0.15, -0.1) is 0 Å². The van der Waals surface area contributed by atoms with E-state index in [-0.39, 0.29) is 24.7 Å². The van der Waals surface area contributed by atoms with Gasteiger partial charge in [-0.3, -0.25) is 0 Å². The Bertz CT molecular complexity index is 443. The van der Waals surface area contributed by atoms with Crippen LogP contribution < -0.4 is 5.73 Å². The van der Waals surface area contributed by atoms with Crippen LogP contribution in [0.25, 0.3) is 0 Å². The summed E-state index contributed by atoms with van der Waals surface area (Å²) in [6, 6.07) is -0.562. The van der Waals surface area contributed by atoms with E-state index < -0.39 is 15.9 Å². The van der Waals surface area contributed by atoms with Gasteiger partial charge in [0.1, 0.15) is 16.4 Å². The SMILES string of the molecule is CCOCc1noc(C(N)CCS(C)(=O)=O)n1. The van der Waals surface area contributed by atoms with Gasteiger partial charge in [0.15, 0.2) is 5.82 Å². The summed E-state index contributed by atoms with van der Waals surface area (Å²) in [4.78, 5) is 4.03. The molecule has 1 rings (SSSR count). The largest absolute Gasteiger partial charge is 0.374 e. The smallest absolute Gasteiger partial charge is 0.243 e. The second-order valence-electron chi connectivity index (χ2n) is 3.71. The Morgan fingerprint density at radius 3 is 2.82 bits per heavy atom. The number of ether oxygens (including phenoxy) is 1. The maximum absolute atomic E-state index is 11.0. The zero-order valence-electron chi connectivity index (χ0n) is 9.92. The van der Waals surface area contributed by atoms with Crippen LogP contribution in [0.1, 0.15) is 31.1 Å². The zero-order valence-corrected chi connectivity index (χ0v) is 10.7. The van der Waals surface area contributed by atoms with Gasteiger partial charge in [0.05, 0.1) is 11.8 Å². The second-order valence-corrected chi connectivity index (χ2v) is 5.97. The Labute approximate surface area is 100 Å². The number of rotatable bonds is 7. The standard InChI is InChI=1S/C9H17N3O4S/c1-3-15-6-8-11-9(16-12-8)7(10)4-5-17(2,13)14/h7H,3-6,10H2,1-2H3. The zero-order chi connectivity index (χ0) is 12.9. The molecule has 0 aliphatic rings. The second kappa shape index (κ2) is 6.08. The van der Waals surface area contributed by atoms with Crippen LogP contribution in [0.5, 0.6) is 0 Å². The fourth-order valence-corrected chi connectivity index (χ4v) is 1.82. The lowest BCUT2D eigenvalue weighted by Crippen LogP contribution is -2.16. The molecular formula is C9H17N3O4S. The quantitative estimate of drug-likeness (QED) is 0.739. The third kappa shape index (κ3) is 5.24. The predicted octanol–water partition coefficient (Wildman–Crippen LogP) is 0.0406. The third-order valence-corrected chi connectivity index (χ3v) is 3.01. The molecule has 0 saturated heterocycles. The van der Waals surface area contributed by atoms with Crippen molar-refractivity contribution in [2.45, 2.75) is 26.0 Å². The first-order valence-electron chi connectivity index (χ1n) is 5.26. The summed E-state index contributed by atoms with van der Waals surface area (Å²) < 4.78 is 32.0. The molecule has 1 unspecified atom stereocenters. The summed E-state index contributed by atoms with van der Waals surface area (Å²) >= 11 is 0. The van der Waals surface area contributed by atoms with Gasteiger partial charge in [-0.05, 0) is 13.3 Å². The van der Waals surface area contributed by atoms with Gasteiger partial charge >= 0.3 is 0 Å². The molecule has 0 radical (unpaired) electrons. The first-order chi connectivity index (χ1) is 7.92. The van der Waals surface area contributed by atoms with Crippen LogP contribution in [0.4, 0.5) is 0 Å². The van der Waals surface area contributed by atoms with E-state index in [1.54, 1.807) is 0 Å². The topological polar surface area (TPSA) is 108 Å². The monoisotopic (exact) mass is 263 g/mol. The minimum absolute atomic E-state index is 0.00264. The molecule has 1 aromatic rings. The summed E-state index contributed by atoms with van der Waals surface area (Å²) in [6.07, 6.45) is 1.42. The van der Waals surface area contributed by atoms with Crippen LogP contribution in [0.2, 0.25) is 0 Å². The molecule has 0 saturated carbocycles. The fraction of sp³-hybridized carbons (Fsp3) is 0.778. The van der Waals surface area contributed by atoms with E-state index in [1.165, 1.54) is 0 Å². The molecule has 0 bridgehead atoms. The lowest BCUT2D eigenvalue weighted by molar-refractivity contribution is 0.126. The van der Waals surface area contributed by atoms with E-state index in [4.69, 9.17) is 15.0 Å². The van der Waals surface area contributed by atoms with Crippen molar-refractivity contribution in [3.63, 3.8) is 0 Å². The molecule has 0 spiro atoms. The van der Waals surface area contributed by atoms with Crippen molar-refractivity contribution in [3.05, 3.63) is 11.7 Å². The maximum Gasteiger partial charge on any atom is 0.243 e. The molecule has 7 nitrogen and oxygen atoms in total. The molecule has 2 N–H and O–H groups in total. The van der Waals surface area contributed by atoms with Crippen LogP contribution in [-0.4, -0.2) is 37.2 Å². The molecule has 0 fully saturated rings. The molecule has 1 aromatic heterocycles. The summed E-state index contributed by atoms with van der Waals surface area (Å²) in [6.45, 7) is 2.68. The van der Waals surface area contributed by atoms with E-state index >= 15 is 0 Å². The maximum atomic E-state index is 11.0. The van der Waals surface area contributed by atoms with Crippen molar-refractivity contribution in [2.75, 3.05) is 18.6 Å². The number of hydrogen-bond donors (Lipinski definition) is 1. The lowest BCUT2D eigenvalue weighted by Gasteiger charge is -2.04.